The molecule has 0 aliphatic carbocycles. The molecule has 3 aromatic rings. The van der Waals surface area contributed by atoms with E-state index < -0.39 is 199 Å². The highest BCUT2D eigenvalue weighted by atomic mass is 16.4. The summed E-state index contributed by atoms with van der Waals surface area (Å²) in [5.41, 5.74) is 16.2. The molecule has 34 heteroatoms. The summed E-state index contributed by atoms with van der Waals surface area (Å²) < 4.78 is 0. The SMILES string of the molecule is CC[C@H](C)[C@H](NC(=O)[C@H](Cc1ccccc1)NC(=O)[C@H](CCC(=O)O)NC(=O)C(C)(C)NC(=O)[C@@H](N)CCC(N)=O)C(=O)N[C@@H](CCC(=O)O)C(=O)N[C@@H](Cc1c[nH]c2ccccc12)C(=O)N[C@@H](CC(C)C)C(=O)N[C@@H](CC(C)C)C(=O)N[C@@H](C)C(=O)N[C@@H](CCC(N)=O)C(=O)NCC(=O)O. The highest BCUT2D eigenvalue weighted by molar-refractivity contribution is 6.00. The van der Waals surface area contributed by atoms with Crippen molar-refractivity contribution in [3.63, 3.8) is 0 Å². The van der Waals surface area contributed by atoms with Crippen molar-refractivity contribution in [2.75, 3.05) is 6.54 Å². The summed E-state index contributed by atoms with van der Waals surface area (Å²) in [6.07, 6.45) is -2.37. The number of carboxylic acids is 3. The van der Waals surface area contributed by atoms with Crippen LogP contribution >= 0.6 is 0 Å². The molecule has 0 aliphatic heterocycles. The Bertz CT molecular complexity index is 3430. The fraction of sp³-hybridized carbons (Fsp3) is 0.552. The number of fused-ring (bicyclic) bond motifs is 1. The van der Waals surface area contributed by atoms with Crippen molar-refractivity contribution in [1.82, 2.24) is 63.5 Å². The fourth-order valence-electron chi connectivity index (χ4n) is 10.3. The minimum Gasteiger partial charge on any atom is -0.481 e. The molecule has 0 radical (unpaired) electrons. The van der Waals surface area contributed by atoms with E-state index in [1.807, 2.05) is 0 Å². The summed E-state index contributed by atoms with van der Waals surface area (Å²) in [4.78, 5) is 216. The van der Waals surface area contributed by atoms with Crippen LogP contribution in [0.2, 0.25) is 0 Å². The average Bonchev–Trinajstić information content (AvgIpc) is 1.79. The van der Waals surface area contributed by atoms with Crippen molar-refractivity contribution in [3.8, 4) is 0 Å². The van der Waals surface area contributed by atoms with E-state index in [2.05, 4.69) is 63.5 Å². The lowest BCUT2D eigenvalue weighted by Gasteiger charge is -2.31. The second-order valence-electron chi connectivity index (χ2n) is 26.2. The Kier molecular flexibility index (Phi) is 34.5. The lowest BCUT2D eigenvalue weighted by molar-refractivity contribution is -0.140. The maximum atomic E-state index is 14.9. The van der Waals surface area contributed by atoms with Crippen molar-refractivity contribution < 1.29 is 92.0 Å². The Morgan fingerprint density at radius 3 is 1.43 bits per heavy atom. The first-order valence-electron chi connectivity index (χ1n) is 33.2. The van der Waals surface area contributed by atoms with Gasteiger partial charge in [-0.25, -0.2) is 0 Å². The van der Waals surface area contributed by atoms with Crippen molar-refractivity contribution in [2.24, 2.45) is 35.0 Å². The number of aromatic nitrogens is 1. The largest absolute Gasteiger partial charge is 0.481 e. The Hall–Kier alpha value is -10.5. The molecular formula is C67H99N15O19. The number of nitrogens with two attached hydrogens (primary N) is 3. The predicted octanol–water partition coefficient (Wildman–Crippen LogP) is -1.84. The number of nitrogens with one attached hydrogen (secondary N) is 12. The summed E-state index contributed by atoms with van der Waals surface area (Å²) in [5, 5.41) is 56.9. The summed E-state index contributed by atoms with van der Waals surface area (Å²) in [5.74, 6) is -17.5. The van der Waals surface area contributed by atoms with Crippen LogP contribution in [0.3, 0.4) is 0 Å². The van der Waals surface area contributed by atoms with Crippen LogP contribution in [-0.4, -0.2) is 188 Å². The van der Waals surface area contributed by atoms with E-state index >= 15 is 0 Å². The molecule has 0 bridgehead atoms. The molecule has 0 unspecified atom stereocenters. The van der Waals surface area contributed by atoms with Gasteiger partial charge in [0.25, 0.3) is 0 Å². The zero-order valence-corrected chi connectivity index (χ0v) is 58.3. The van der Waals surface area contributed by atoms with E-state index in [4.69, 9.17) is 22.3 Å². The second kappa shape index (κ2) is 41.1. The number of hydrogen-bond acceptors (Lipinski definition) is 17. The number of carbonyl (C=O) groups excluding carboxylic acids is 13. The minimum absolute atomic E-state index is 0.0101. The highest BCUT2D eigenvalue weighted by Crippen LogP contribution is 2.21. The summed E-state index contributed by atoms with van der Waals surface area (Å²) in [6.45, 7) is 13.2. The van der Waals surface area contributed by atoms with Gasteiger partial charge in [0.2, 0.25) is 76.8 Å². The quantitative estimate of drug-likeness (QED) is 0.0296. The Balaban J connectivity index is 2.02. The van der Waals surface area contributed by atoms with Gasteiger partial charge < -0.3 is 96.0 Å². The molecule has 0 spiro atoms. The molecule has 101 heavy (non-hydrogen) atoms. The first kappa shape index (κ1) is 84.7. The number of hydrogen-bond donors (Lipinski definition) is 18. The van der Waals surface area contributed by atoms with Gasteiger partial charge in [0.1, 0.15) is 66.5 Å². The highest BCUT2D eigenvalue weighted by Gasteiger charge is 2.39. The smallest absolute Gasteiger partial charge is 0.322 e. The van der Waals surface area contributed by atoms with Crippen molar-refractivity contribution in [2.45, 2.75) is 212 Å². The van der Waals surface area contributed by atoms with E-state index in [0.29, 0.717) is 22.0 Å². The van der Waals surface area contributed by atoms with Gasteiger partial charge in [-0.1, -0.05) is 96.5 Å². The maximum Gasteiger partial charge on any atom is 0.322 e. The van der Waals surface area contributed by atoms with Gasteiger partial charge in [0.05, 0.1) is 6.04 Å². The average molecular weight is 1420 g/mol. The molecule has 1 aromatic heterocycles. The number of aromatic amines is 1. The molecule has 1 heterocycles. The number of amides is 13. The third-order valence-electron chi connectivity index (χ3n) is 16.2. The number of rotatable bonds is 45. The molecular weight excluding hydrogens is 1320 g/mol. The Morgan fingerprint density at radius 2 is 0.901 bits per heavy atom. The van der Waals surface area contributed by atoms with Gasteiger partial charge in [0.15, 0.2) is 0 Å². The van der Waals surface area contributed by atoms with Gasteiger partial charge in [-0.15, -0.1) is 0 Å². The lowest BCUT2D eigenvalue weighted by atomic mass is 9.96. The topological polar surface area (TPSA) is 560 Å². The normalized spacial score (nSPS) is 14.6. The molecule has 556 valence electrons. The van der Waals surface area contributed by atoms with Crippen LogP contribution in [0, 0.1) is 17.8 Å². The standard InChI is InChI=1S/C67H99N15O19/c1-10-36(6)55(81-64(99)48(30-38-16-12-11-13-17-38)78-60(95)45(23-27-53(87)88)80-66(101)67(8,9)82-57(92)41(68)20-24-50(69)83)65(100)75-44(22-26-52(85)86)59(94)79-49(31-39-32-71-42-19-15-14-18-40(39)42)63(98)77-47(29-35(4)5)62(97)76-46(28-34(2)3)61(96)73-37(7)56(91)74-43(21-25-51(70)84)58(93)72-33-54(89)90/h11-19,32,34-37,41,43-49,55,71H,10,20-31,33,68H2,1-9H3,(H2,69,83)(H2,70,84)(H,72,93)(H,73,96)(H,74,91)(H,75,100)(H,76,97)(H,77,98)(H,78,95)(H,79,94)(H,80,101)(H,81,99)(H,82,92)(H,85,86)(H,87,88)(H,89,90)/t36-,37-,41-,43-,44-,45-,46-,47-,48-,49-,55-/m0/s1. The molecule has 0 saturated carbocycles. The van der Waals surface area contributed by atoms with Gasteiger partial charge >= 0.3 is 17.9 Å². The molecule has 21 N–H and O–H groups in total. The number of benzene rings is 2. The zero-order valence-electron chi connectivity index (χ0n) is 58.3. The van der Waals surface area contributed by atoms with Crippen LogP contribution in [-0.2, 0) is 89.6 Å². The third kappa shape index (κ3) is 29.8. The maximum absolute atomic E-state index is 14.9. The van der Waals surface area contributed by atoms with Crippen LogP contribution in [0.4, 0.5) is 0 Å². The van der Waals surface area contributed by atoms with E-state index in [9.17, 15) is 86.9 Å². The van der Waals surface area contributed by atoms with E-state index in [-0.39, 0.29) is 69.6 Å². The van der Waals surface area contributed by atoms with Crippen LogP contribution in [0.5, 0.6) is 0 Å². The lowest BCUT2D eigenvalue weighted by Crippen LogP contribution is -2.63. The summed E-state index contributed by atoms with van der Waals surface area (Å²) in [6, 6.07) is 0.204. The Morgan fingerprint density at radius 1 is 0.465 bits per heavy atom. The second-order valence-corrected chi connectivity index (χ2v) is 26.2. The monoisotopic (exact) mass is 1420 g/mol. The number of carboxylic acid groups (broad SMARTS) is 3. The van der Waals surface area contributed by atoms with Gasteiger partial charge in [-0.2, -0.15) is 0 Å². The zero-order chi connectivity index (χ0) is 76.0. The van der Waals surface area contributed by atoms with E-state index in [1.54, 1.807) is 102 Å². The number of primary amides is 2. The summed E-state index contributed by atoms with van der Waals surface area (Å²) >= 11 is 0. The number of para-hydroxylation sites is 1. The number of H-pyrrole nitrogens is 1. The molecule has 0 saturated heterocycles. The van der Waals surface area contributed by atoms with Gasteiger partial charge in [-0.3, -0.25) is 76.7 Å². The van der Waals surface area contributed by atoms with E-state index in [1.165, 1.54) is 20.8 Å². The first-order chi connectivity index (χ1) is 47.3. The first-order valence-corrected chi connectivity index (χ1v) is 33.2. The van der Waals surface area contributed by atoms with Crippen LogP contribution in [0.25, 0.3) is 10.9 Å². The molecule has 0 fully saturated rings. The Labute approximate surface area is 584 Å². The molecule has 13 amide bonds. The number of aliphatic carboxylic acids is 3. The minimum atomic E-state index is -1.80. The molecule has 2 aromatic carbocycles. The van der Waals surface area contributed by atoms with Crippen LogP contribution in [0.15, 0.2) is 60.8 Å². The van der Waals surface area contributed by atoms with E-state index in [0.717, 1.165) is 0 Å². The van der Waals surface area contributed by atoms with Gasteiger partial charge in [0, 0.05) is 55.6 Å². The predicted molar refractivity (Wildman–Crippen MR) is 365 cm³/mol. The fourth-order valence-corrected chi connectivity index (χ4v) is 10.3. The molecule has 3 rings (SSSR count). The van der Waals surface area contributed by atoms with Crippen LogP contribution < -0.4 is 75.7 Å². The van der Waals surface area contributed by atoms with Gasteiger partial charge in [-0.05, 0) is 94.2 Å². The van der Waals surface area contributed by atoms with Crippen molar-refractivity contribution >= 4 is 106 Å². The van der Waals surface area contributed by atoms with Crippen molar-refractivity contribution in [3.05, 3.63) is 71.9 Å². The summed E-state index contributed by atoms with van der Waals surface area (Å²) in [7, 11) is 0. The number of carbonyl (C=O) groups is 16. The molecule has 11 atom stereocenters. The third-order valence-corrected chi connectivity index (χ3v) is 16.2. The van der Waals surface area contributed by atoms with Crippen LogP contribution in [0.1, 0.15) is 144 Å². The molecule has 34 nitrogen and oxygen atoms in total. The van der Waals surface area contributed by atoms with Crippen molar-refractivity contribution in [1.29, 1.82) is 0 Å². The molecule has 0 aliphatic rings.